The number of carbonyl (C=O) groups is 1. The second kappa shape index (κ2) is 6.63. The predicted octanol–water partition coefficient (Wildman–Crippen LogP) is 3.36. The Labute approximate surface area is 152 Å². The van der Waals surface area contributed by atoms with Gasteiger partial charge in [0.05, 0.1) is 17.1 Å². The van der Waals surface area contributed by atoms with E-state index in [4.69, 9.17) is 0 Å². The normalized spacial score (nSPS) is 16.3. The molecule has 6 heteroatoms. The molecule has 0 unspecified atom stereocenters. The second-order valence-electron chi connectivity index (χ2n) is 6.78. The van der Waals surface area contributed by atoms with E-state index in [1.165, 1.54) is 0 Å². The number of amides is 1. The monoisotopic (exact) mass is 347 g/mol. The Bertz CT molecular complexity index is 919. The van der Waals surface area contributed by atoms with Crippen LogP contribution in [0.1, 0.15) is 24.3 Å². The van der Waals surface area contributed by atoms with Crippen LogP contribution in [-0.4, -0.2) is 33.3 Å². The highest BCUT2D eigenvalue weighted by Gasteiger charge is 2.30. The Morgan fingerprint density at radius 1 is 1.19 bits per heavy atom. The van der Waals surface area contributed by atoms with Gasteiger partial charge in [-0.2, -0.15) is 5.10 Å². The summed E-state index contributed by atoms with van der Waals surface area (Å²) in [6.07, 6.45) is 5.21. The first-order valence-electron chi connectivity index (χ1n) is 8.77. The SMILES string of the molecule is CC(C)[C@H]1CN(C(=O)c2cc(-n3cccn3)ccn2)c2ccccc2N1. The summed E-state index contributed by atoms with van der Waals surface area (Å²) in [5, 5.41) is 7.76. The van der Waals surface area contributed by atoms with Crippen molar-refractivity contribution in [1.82, 2.24) is 14.8 Å². The molecule has 1 aliphatic heterocycles. The van der Waals surface area contributed by atoms with Gasteiger partial charge in [0.1, 0.15) is 5.69 Å². The van der Waals surface area contributed by atoms with Gasteiger partial charge in [0.2, 0.25) is 0 Å². The molecule has 1 N–H and O–H groups in total. The molecule has 1 aromatic carbocycles. The number of nitrogens with zero attached hydrogens (tertiary/aromatic N) is 4. The molecule has 0 saturated carbocycles. The zero-order chi connectivity index (χ0) is 18.1. The molecule has 0 radical (unpaired) electrons. The van der Waals surface area contributed by atoms with Crippen molar-refractivity contribution in [2.24, 2.45) is 5.92 Å². The van der Waals surface area contributed by atoms with E-state index in [0.717, 1.165) is 17.1 Å². The van der Waals surface area contributed by atoms with Gasteiger partial charge in [-0.1, -0.05) is 26.0 Å². The van der Waals surface area contributed by atoms with E-state index in [-0.39, 0.29) is 11.9 Å². The summed E-state index contributed by atoms with van der Waals surface area (Å²) in [6, 6.07) is 13.6. The molecule has 0 aliphatic carbocycles. The lowest BCUT2D eigenvalue weighted by Crippen LogP contribution is -2.47. The van der Waals surface area contributed by atoms with Gasteiger partial charge in [-0.15, -0.1) is 0 Å². The number of aromatic nitrogens is 3. The van der Waals surface area contributed by atoms with Crippen LogP contribution in [0.3, 0.4) is 0 Å². The van der Waals surface area contributed by atoms with Crippen molar-refractivity contribution >= 4 is 17.3 Å². The number of pyridine rings is 1. The van der Waals surface area contributed by atoms with Crippen molar-refractivity contribution in [2.75, 3.05) is 16.8 Å². The summed E-state index contributed by atoms with van der Waals surface area (Å²) in [7, 11) is 0. The van der Waals surface area contributed by atoms with Crippen LogP contribution in [0.4, 0.5) is 11.4 Å². The number of hydrogen-bond donors (Lipinski definition) is 1. The van der Waals surface area contributed by atoms with Gasteiger partial charge in [0, 0.05) is 31.2 Å². The zero-order valence-electron chi connectivity index (χ0n) is 14.8. The molecule has 132 valence electrons. The van der Waals surface area contributed by atoms with Crippen molar-refractivity contribution in [3.05, 3.63) is 66.7 Å². The Balaban J connectivity index is 1.70. The Morgan fingerprint density at radius 2 is 2.04 bits per heavy atom. The van der Waals surface area contributed by atoms with Crippen LogP contribution in [-0.2, 0) is 0 Å². The van der Waals surface area contributed by atoms with E-state index < -0.39 is 0 Å². The van der Waals surface area contributed by atoms with Gasteiger partial charge in [0.25, 0.3) is 5.91 Å². The van der Waals surface area contributed by atoms with Crippen LogP contribution in [0, 0.1) is 5.92 Å². The van der Waals surface area contributed by atoms with Crippen LogP contribution < -0.4 is 10.2 Å². The highest BCUT2D eigenvalue weighted by molar-refractivity contribution is 6.07. The number of benzene rings is 1. The molecular formula is C20H21N5O. The standard InChI is InChI=1S/C20H21N5O/c1-14(2)18-13-24(19-7-4-3-6-16(19)23-18)20(26)17-12-15(8-10-21-17)25-11-5-9-22-25/h3-12,14,18,23H,13H2,1-2H3/t18-/m1/s1. The molecule has 0 spiro atoms. The maximum Gasteiger partial charge on any atom is 0.277 e. The fourth-order valence-electron chi connectivity index (χ4n) is 3.18. The van der Waals surface area contributed by atoms with Crippen molar-refractivity contribution in [3.63, 3.8) is 0 Å². The van der Waals surface area contributed by atoms with Crippen molar-refractivity contribution in [1.29, 1.82) is 0 Å². The van der Waals surface area contributed by atoms with Gasteiger partial charge in [-0.3, -0.25) is 9.78 Å². The highest BCUT2D eigenvalue weighted by atomic mass is 16.2. The minimum Gasteiger partial charge on any atom is -0.379 e. The smallest absolute Gasteiger partial charge is 0.277 e. The number of hydrogen-bond acceptors (Lipinski definition) is 4. The number of nitrogens with one attached hydrogen (secondary N) is 1. The van der Waals surface area contributed by atoms with E-state index in [1.807, 2.05) is 47.5 Å². The Kier molecular flexibility index (Phi) is 4.16. The first-order valence-corrected chi connectivity index (χ1v) is 8.77. The summed E-state index contributed by atoms with van der Waals surface area (Å²) in [5.41, 5.74) is 3.10. The topological polar surface area (TPSA) is 63.1 Å². The lowest BCUT2D eigenvalue weighted by Gasteiger charge is -2.37. The van der Waals surface area contributed by atoms with Crippen molar-refractivity contribution in [2.45, 2.75) is 19.9 Å². The molecule has 4 rings (SSSR count). The molecular weight excluding hydrogens is 326 g/mol. The molecule has 3 aromatic rings. The van der Waals surface area contributed by atoms with E-state index in [9.17, 15) is 4.79 Å². The molecule has 2 aromatic heterocycles. The third kappa shape index (κ3) is 2.94. The fraction of sp³-hybridized carbons (Fsp3) is 0.250. The minimum absolute atomic E-state index is 0.0985. The Hall–Kier alpha value is -3.15. The highest BCUT2D eigenvalue weighted by Crippen LogP contribution is 2.33. The lowest BCUT2D eigenvalue weighted by molar-refractivity contribution is 0.0979. The number of rotatable bonds is 3. The largest absolute Gasteiger partial charge is 0.379 e. The van der Waals surface area contributed by atoms with Crippen molar-refractivity contribution in [3.8, 4) is 5.69 Å². The van der Waals surface area contributed by atoms with Crippen LogP contribution >= 0.6 is 0 Å². The van der Waals surface area contributed by atoms with Gasteiger partial charge in [-0.05, 0) is 36.2 Å². The van der Waals surface area contributed by atoms with Gasteiger partial charge < -0.3 is 10.2 Å². The molecule has 3 heterocycles. The number of anilines is 2. The van der Waals surface area contributed by atoms with E-state index in [2.05, 4.69) is 29.2 Å². The summed E-state index contributed by atoms with van der Waals surface area (Å²) < 4.78 is 1.72. The van der Waals surface area contributed by atoms with Gasteiger partial charge in [0.15, 0.2) is 0 Å². The van der Waals surface area contributed by atoms with Crippen LogP contribution in [0.25, 0.3) is 5.69 Å². The third-order valence-corrected chi connectivity index (χ3v) is 4.70. The average Bonchev–Trinajstić information content (AvgIpc) is 3.21. The number of carbonyl (C=O) groups excluding carboxylic acids is 1. The minimum atomic E-state index is -0.0985. The quantitative estimate of drug-likeness (QED) is 0.789. The summed E-state index contributed by atoms with van der Waals surface area (Å²) in [6.45, 7) is 4.93. The van der Waals surface area contributed by atoms with E-state index in [0.29, 0.717) is 18.2 Å². The molecule has 0 fully saturated rings. The maximum absolute atomic E-state index is 13.3. The maximum atomic E-state index is 13.3. The molecule has 6 nitrogen and oxygen atoms in total. The zero-order valence-corrected chi connectivity index (χ0v) is 14.8. The molecule has 26 heavy (non-hydrogen) atoms. The number of fused-ring (bicyclic) bond motifs is 1. The van der Waals surface area contributed by atoms with Gasteiger partial charge >= 0.3 is 0 Å². The lowest BCUT2D eigenvalue weighted by atomic mass is 9.99. The summed E-state index contributed by atoms with van der Waals surface area (Å²) in [4.78, 5) is 19.4. The molecule has 0 saturated heterocycles. The molecule has 1 aliphatic rings. The summed E-state index contributed by atoms with van der Waals surface area (Å²) >= 11 is 0. The number of para-hydroxylation sites is 2. The van der Waals surface area contributed by atoms with Crippen LogP contribution in [0.5, 0.6) is 0 Å². The average molecular weight is 347 g/mol. The predicted molar refractivity (Wildman–Crippen MR) is 102 cm³/mol. The molecule has 1 amide bonds. The fourth-order valence-corrected chi connectivity index (χ4v) is 3.18. The third-order valence-electron chi connectivity index (χ3n) is 4.70. The first-order chi connectivity index (χ1) is 12.6. The van der Waals surface area contributed by atoms with E-state index >= 15 is 0 Å². The van der Waals surface area contributed by atoms with Crippen LogP contribution in [0.2, 0.25) is 0 Å². The first kappa shape index (κ1) is 16.3. The molecule has 1 atom stereocenters. The molecule has 0 bridgehead atoms. The van der Waals surface area contributed by atoms with Gasteiger partial charge in [-0.25, -0.2) is 4.68 Å². The second-order valence-corrected chi connectivity index (χ2v) is 6.78. The van der Waals surface area contributed by atoms with Crippen molar-refractivity contribution < 1.29 is 4.79 Å². The summed E-state index contributed by atoms with van der Waals surface area (Å²) in [5.74, 6) is 0.306. The van der Waals surface area contributed by atoms with Crippen LogP contribution in [0.15, 0.2) is 61.1 Å². The Morgan fingerprint density at radius 3 is 2.81 bits per heavy atom. The van der Waals surface area contributed by atoms with E-state index in [1.54, 1.807) is 23.1 Å².